The molecule has 96 valence electrons. The van der Waals surface area contributed by atoms with Crippen LogP contribution in [0.4, 0.5) is 10.5 Å². The third-order valence-corrected chi connectivity index (χ3v) is 3.44. The molecule has 6 heteroatoms. The van der Waals surface area contributed by atoms with Gasteiger partial charge in [0.1, 0.15) is 4.99 Å². The zero-order valence-electron chi connectivity index (χ0n) is 9.78. The molecule has 2 rings (SSSR count). The molecular weight excluding hydrogens is 270 g/mol. The van der Waals surface area contributed by atoms with Crippen LogP contribution in [0.1, 0.15) is 18.4 Å². The van der Waals surface area contributed by atoms with Crippen molar-refractivity contribution in [3.8, 4) is 0 Å². The normalized spacial score (nSPS) is 14.6. The molecule has 1 fully saturated rings. The second-order valence-corrected chi connectivity index (χ2v) is 5.03. The lowest BCUT2D eigenvalue weighted by Crippen LogP contribution is -2.32. The Balaban J connectivity index is 2.09. The molecule has 3 N–H and O–H groups in total. The predicted molar refractivity (Wildman–Crippen MR) is 77.2 cm³/mol. The highest BCUT2D eigenvalue weighted by molar-refractivity contribution is 7.80. The molecule has 0 aliphatic carbocycles. The van der Waals surface area contributed by atoms with Gasteiger partial charge in [-0.2, -0.15) is 0 Å². The van der Waals surface area contributed by atoms with Crippen LogP contribution in [0.5, 0.6) is 0 Å². The molecule has 1 aliphatic heterocycles. The van der Waals surface area contributed by atoms with Crippen LogP contribution >= 0.6 is 23.8 Å². The highest BCUT2D eigenvalue weighted by Crippen LogP contribution is 2.24. The van der Waals surface area contributed by atoms with Crippen LogP contribution in [0.15, 0.2) is 18.2 Å². The van der Waals surface area contributed by atoms with Gasteiger partial charge in [-0.1, -0.05) is 23.8 Å². The van der Waals surface area contributed by atoms with Crippen LogP contribution in [-0.2, 0) is 0 Å². The Hall–Kier alpha value is -1.33. The number of nitrogens with zero attached hydrogens (tertiary/aromatic N) is 1. The number of carbonyl (C=O) groups excluding carboxylic acids is 1. The fraction of sp³-hybridized carbons (Fsp3) is 0.333. The van der Waals surface area contributed by atoms with Gasteiger partial charge in [-0.25, -0.2) is 4.79 Å². The number of amides is 2. The Bertz CT molecular complexity index is 486. The summed E-state index contributed by atoms with van der Waals surface area (Å²) in [5, 5.41) is 3.23. The Morgan fingerprint density at radius 3 is 2.61 bits per heavy atom. The number of hydrogen-bond donors (Lipinski definition) is 2. The molecule has 1 aromatic rings. The average Bonchev–Trinajstić information content (AvgIpc) is 2.85. The van der Waals surface area contributed by atoms with E-state index in [0.29, 0.717) is 16.3 Å². The molecule has 0 saturated carbocycles. The zero-order chi connectivity index (χ0) is 13.1. The molecule has 4 nitrogen and oxygen atoms in total. The SMILES string of the molecule is NC(=S)c1ccc(NC(=O)N2CCCC2)c(Cl)c1. The average molecular weight is 284 g/mol. The van der Waals surface area contributed by atoms with Crippen molar-refractivity contribution in [3.63, 3.8) is 0 Å². The van der Waals surface area contributed by atoms with Gasteiger partial charge in [-0.3, -0.25) is 0 Å². The van der Waals surface area contributed by atoms with Gasteiger partial charge in [0.2, 0.25) is 0 Å². The van der Waals surface area contributed by atoms with Gasteiger partial charge >= 0.3 is 6.03 Å². The summed E-state index contributed by atoms with van der Waals surface area (Å²) in [7, 11) is 0. The lowest BCUT2D eigenvalue weighted by Gasteiger charge is -2.17. The van der Waals surface area contributed by atoms with Crippen molar-refractivity contribution in [1.29, 1.82) is 0 Å². The highest BCUT2D eigenvalue weighted by Gasteiger charge is 2.18. The number of thiocarbonyl (C=S) groups is 1. The third-order valence-electron chi connectivity index (χ3n) is 2.89. The molecule has 18 heavy (non-hydrogen) atoms. The van der Waals surface area contributed by atoms with Crippen molar-refractivity contribution in [2.45, 2.75) is 12.8 Å². The highest BCUT2D eigenvalue weighted by atomic mass is 35.5. The van der Waals surface area contributed by atoms with Crippen LogP contribution in [0.25, 0.3) is 0 Å². The molecule has 0 spiro atoms. The maximum absolute atomic E-state index is 11.9. The van der Waals surface area contributed by atoms with Gasteiger partial charge in [0.15, 0.2) is 0 Å². The maximum Gasteiger partial charge on any atom is 0.321 e. The van der Waals surface area contributed by atoms with Crippen molar-refractivity contribution in [3.05, 3.63) is 28.8 Å². The molecule has 1 aliphatic rings. The first-order chi connectivity index (χ1) is 8.58. The standard InChI is InChI=1S/C12H14ClN3OS/c13-9-7-8(11(14)18)3-4-10(9)15-12(17)16-5-1-2-6-16/h3-4,7H,1-2,5-6H2,(H2,14,18)(H,15,17). The van der Waals surface area contributed by atoms with Gasteiger partial charge < -0.3 is 16.0 Å². The third kappa shape index (κ3) is 2.91. The molecule has 1 saturated heterocycles. The first-order valence-corrected chi connectivity index (χ1v) is 6.52. The Morgan fingerprint density at radius 2 is 2.06 bits per heavy atom. The monoisotopic (exact) mass is 283 g/mol. The molecule has 0 atom stereocenters. The van der Waals surface area contributed by atoms with Crippen molar-refractivity contribution >= 4 is 40.5 Å². The zero-order valence-corrected chi connectivity index (χ0v) is 11.4. The van der Waals surface area contributed by atoms with Crippen molar-refractivity contribution in [1.82, 2.24) is 4.90 Å². The number of halogens is 1. The number of carbonyl (C=O) groups is 1. The van der Waals surface area contributed by atoms with E-state index in [1.807, 2.05) is 0 Å². The summed E-state index contributed by atoms with van der Waals surface area (Å²) < 4.78 is 0. The molecule has 1 aromatic carbocycles. The molecule has 2 amide bonds. The van der Waals surface area contributed by atoms with Crippen molar-refractivity contribution < 1.29 is 4.79 Å². The summed E-state index contributed by atoms with van der Waals surface area (Å²) in [6, 6.07) is 5.00. The lowest BCUT2D eigenvalue weighted by atomic mass is 10.2. The second kappa shape index (κ2) is 5.54. The topological polar surface area (TPSA) is 58.4 Å². The van der Waals surface area contributed by atoms with E-state index in [1.165, 1.54) is 0 Å². The summed E-state index contributed by atoms with van der Waals surface area (Å²) in [5.74, 6) is 0. The van der Waals surface area contributed by atoms with Crippen LogP contribution in [0, 0.1) is 0 Å². The first kappa shape index (κ1) is 13.1. The van der Waals surface area contributed by atoms with Crippen molar-refractivity contribution in [2.75, 3.05) is 18.4 Å². The van der Waals surface area contributed by atoms with E-state index in [4.69, 9.17) is 29.6 Å². The van der Waals surface area contributed by atoms with Gasteiger partial charge in [-0.05, 0) is 31.0 Å². The summed E-state index contributed by atoms with van der Waals surface area (Å²) in [6.45, 7) is 1.60. The summed E-state index contributed by atoms with van der Waals surface area (Å²) >= 11 is 10.9. The molecule has 0 unspecified atom stereocenters. The number of nitrogens with two attached hydrogens (primary N) is 1. The Morgan fingerprint density at radius 1 is 1.39 bits per heavy atom. The van der Waals surface area contributed by atoms with Gasteiger partial charge in [0.05, 0.1) is 10.7 Å². The Labute approximate surface area is 116 Å². The first-order valence-electron chi connectivity index (χ1n) is 5.73. The number of rotatable bonds is 2. The minimum absolute atomic E-state index is 0.113. The molecule has 0 aromatic heterocycles. The number of anilines is 1. The fourth-order valence-corrected chi connectivity index (χ4v) is 2.24. The van der Waals surface area contributed by atoms with E-state index in [-0.39, 0.29) is 11.0 Å². The molecule has 0 radical (unpaired) electrons. The van der Waals surface area contributed by atoms with Gasteiger partial charge in [-0.15, -0.1) is 0 Å². The minimum Gasteiger partial charge on any atom is -0.389 e. The molecule has 0 bridgehead atoms. The fourth-order valence-electron chi connectivity index (χ4n) is 1.88. The number of nitrogens with one attached hydrogen (secondary N) is 1. The lowest BCUT2D eigenvalue weighted by molar-refractivity contribution is 0.222. The number of likely N-dealkylation sites (tertiary alicyclic amines) is 1. The van der Waals surface area contributed by atoms with Crippen LogP contribution < -0.4 is 11.1 Å². The summed E-state index contributed by atoms with van der Waals surface area (Å²) in [4.78, 5) is 14.0. The van der Waals surface area contributed by atoms with Crippen molar-refractivity contribution in [2.24, 2.45) is 5.73 Å². The van der Waals surface area contributed by atoms with E-state index >= 15 is 0 Å². The van der Waals surface area contributed by atoms with E-state index < -0.39 is 0 Å². The summed E-state index contributed by atoms with van der Waals surface area (Å²) in [5.41, 5.74) is 6.78. The van der Waals surface area contributed by atoms with Gasteiger partial charge in [0, 0.05) is 18.7 Å². The summed E-state index contributed by atoms with van der Waals surface area (Å²) in [6.07, 6.45) is 2.11. The number of benzene rings is 1. The molecular formula is C12H14ClN3OS. The van der Waals surface area contributed by atoms with Gasteiger partial charge in [0.25, 0.3) is 0 Å². The van der Waals surface area contributed by atoms with Crippen LogP contribution in [-0.4, -0.2) is 29.0 Å². The quantitative estimate of drug-likeness (QED) is 0.820. The minimum atomic E-state index is -0.113. The maximum atomic E-state index is 11.9. The Kier molecular flexibility index (Phi) is 4.04. The molecule has 1 heterocycles. The predicted octanol–water partition coefficient (Wildman–Crippen LogP) is 2.60. The second-order valence-electron chi connectivity index (χ2n) is 4.18. The van der Waals surface area contributed by atoms with E-state index in [1.54, 1.807) is 23.1 Å². The van der Waals surface area contributed by atoms with E-state index in [2.05, 4.69) is 5.32 Å². The van der Waals surface area contributed by atoms with E-state index in [0.717, 1.165) is 25.9 Å². The smallest absolute Gasteiger partial charge is 0.321 e. The van der Waals surface area contributed by atoms with Crippen LogP contribution in [0.2, 0.25) is 5.02 Å². The number of urea groups is 1. The van der Waals surface area contributed by atoms with Crippen LogP contribution in [0.3, 0.4) is 0 Å². The number of hydrogen-bond acceptors (Lipinski definition) is 2. The van der Waals surface area contributed by atoms with E-state index in [9.17, 15) is 4.79 Å². The largest absolute Gasteiger partial charge is 0.389 e.